The quantitative estimate of drug-likeness (QED) is 0.494. The van der Waals surface area contributed by atoms with Crippen LogP contribution in [0.25, 0.3) is 0 Å². The Morgan fingerprint density at radius 2 is 2.38 bits per heavy atom. The molecule has 0 radical (unpaired) electrons. The van der Waals surface area contributed by atoms with Crippen LogP contribution in [0.1, 0.15) is 13.3 Å². The number of allylic oxidation sites excluding steroid dienone is 3. The van der Waals surface area contributed by atoms with E-state index in [1.54, 1.807) is 19.1 Å². The molecule has 8 heavy (non-hydrogen) atoms. The van der Waals surface area contributed by atoms with E-state index in [2.05, 4.69) is 6.58 Å². The number of alkyl halides is 1. The predicted molar refractivity (Wildman–Crippen MR) is 34.5 cm³/mol. The van der Waals surface area contributed by atoms with E-state index in [0.29, 0.717) is 6.42 Å². The van der Waals surface area contributed by atoms with Gasteiger partial charge < -0.3 is 0 Å². The Kier molecular flexibility index (Phi) is 4.23. The number of halogens is 1. The first-order valence-corrected chi connectivity index (χ1v) is 2.74. The van der Waals surface area contributed by atoms with Gasteiger partial charge >= 0.3 is 0 Å². The van der Waals surface area contributed by atoms with Crippen LogP contribution in [0.2, 0.25) is 0 Å². The lowest BCUT2D eigenvalue weighted by Crippen LogP contribution is -1.88. The third kappa shape index (κ3) is 3.59. The predicted octanol–water partition coefficient (Wildman–Crippen LogP) is 2.48. The van der Waals surface area contributed by atoms with E-state index in [1.165, 1.54) is 6.08 Å². The van der Waals surface area contributed by atoms with Crippen LogP contribution in [0, 0.1) is 0 Å². The Labute approximate surface area is 49.7 Å². The second kappa shape index (κ2) is 4.57. The highest BCUT2D eigenvalue weighted by atomic mass is 19.1. The van der Waals surface area contributed by atoms with Gasteiger partial charge in [0.1, 0.15) is 6.17 Å². The summed E-state index contributed by atoms with van der Waals surface area (Å²) < 4.78 is 12.2. The maximum Gasteiger partial charge on any atom is 0.118 e. The Morgan fingerprint density at radius 3 is 2.75 bits per heavy atom. The van der Waals surface area contributed by atoms with Crippen LogP contribution in [0.3, 0.4) is 0 Å². The molecule has 0 aromatic carbocycles. The van der Waals surface area contributed by atoms with Crippen molar-refractivity contribution in [3.05, 3.63) is 24.8 Å². The molecule has 0 aliphatic heterocycles. The first-order chi connectivity index (χ1) is 3.81. The molecular weight excluding hydrogens is 103 g/mol. The molecule has 0 bridgehead atoms. The van der Waals surface area contributed by atoms with Crippen LogP contribution in [0.15, 0.2) is 24.8 Å². The monoisotopic (exact) mass is 114 g/mol. The van der Waals surface area contributed by atoms with E-state index in [0.717, 1.165) is 0 Å². The third-order valence-electron chi connectivity index (χ3n) is 0.846. The van der Waals surface area contributed by atoms with Gasteiger partial charge in [-0.3, -0.25) is 0 Å². The molecule has 0 aromatic rings. The summed E-state index contributed by atoms with van der Waals surface area (Å²) in [6, 6.07) is 0. The molecule has 0 amide bonds. The van der Waals surface area contributed by atoms with Crippen molar-refractivity contribution in [1.82, 2.24) is 0 Å². The van der Waals surface area contributed by atoms with Crippen molar-refractivity contribution in [3.63, 3.8) is 0 Å². The van der Waals surface area contributed by atoms with Crippen LogP contribution in [-0.2, 0) is 0 Å². The van der Waals surface area contributed by atoms with Crippen molar-refractivity contribution in [2.24, 2.45) is 0 Å². The van der Waals surface area contributed by atoms with Crippen molar-refractivity contribution in [3.8, 4) is 0 Å². The van der Waals surface area contributed by atoms with Gasteiger partial charge in [0, 0.05) is 0 Å². The van der Waals surface area contributed by atoms with Crippen LogP contribution in [0.5, 0.6) is 0 Å². The average Bonchev–Trinajstić information content (AvgIpc) is 1.83. The van der Waals surface area contributed by atoms with Crippen LogP contribution >= 0.6 is 0 Å². The van der Waals surface area contributed by atoms with Gasteiger partial charge in [-0.05, 0) is 6.42 Å². The molecule has 1 heteroatoms. The fraction of sp³-hybridized carbons (Fsp3) is 0.429. The Hall–Kier alpha value is -0.590. The van der Waals surface area contributed by atoms with Crippen molar-refractivity contribution in [1.29, 1.82) is 0 Å². The highest BCUT2D eigenvalue weighted by molar-refractivity contribution is 5.00. The number of hydrogen-bond donors (Lipinski definition) is 0. The maximum absolute atomic E-state index is 12.2. The highest BCUT2D eigenvalue weighted by Crippen LogP contribution is 1.97. The number of rotatable bonds is 3. The molecule has 0 saturated heterocycles. The molecule has 1 atom stereocenters. The minimum Gasteiger partial charge on any atom is -0.243 e. The molecule has 0 rings (SSSR count). The summed E-state index contributed by atoms with van der Waals surface area (Å²) in [5, 5.41) is 0. The lowest BCUT2D eigenvalue weighted by Gasteiger charge is -1.91. The molecular formula is C7H11F. The fourth-order valence-electron chi connectivity index (χ4n) is 0.335. The maximum atomic E-state index is 12.2. The molecule has 0 spiro atoms. The van der Waals surface area contributed by atoms with E-state index < -0.39 is 6.17 Å². The van der Waals surface area contributed by atoms with E-state index >= 15 is 0 Å². The minimum atomic E-state index is -0.798. The number of hydrogen-bond acceptors (Lipinski definition) is 0. The first-order valence-electron chi connectivity index (χ1n) is 2.74. The Morgan fingerprint density at radius 1 is 1.75 bits per heavy atom. The van der Waals surface area contributed by atoms with Gasteiger partial charge in [-0.1, -0.05) is 31.7 Å². The second-order valence-electron chi connectivity index (χ2n) is 1.54. The minimum absolute atomic E-state index is 0.546. The zero-order chi connectivity index (χ0) is 6.41. The van der Waals surface area contributed by atoms with Gasteiger partial charge in [0.05, 0.1) is 0 Å². The molecule has 46 valence electrons. The topological polar surface area (TPSA) is 0 Å². The lowest BCUT2D eigenvalue weighted by molar-refractivity contribution is 0.390. The summed E-state index contributed by atoms with van der Waals surface area (Å²) in [6.45, 7) is 5.22. The van der Waals surface area contributed by atoms with Gasteiger partial charge in [0.2, 0.25) is 0 Å². The molecule has 0 aliphatic carbocycles. The molecule has 0 heterocycles. The largest absolute Gasteiger partial charge is 0.243 e. The molecule has 0 unspecified atom stereocenters. The molecule has 0 nitrogen and oxygen atoms in total. The van der Waals surface area contributed by atoms with E-state index in [-0.39, 0.29) is 0 Å². The van der Waals surface area contributed by atoms with Crippen molar-refractivity contribution < 1.29 is 4.39 Å². The van der Waals surface area contributed by atoms with Gasteiger partial charge in [0.25, 0.3) is 0 Å². The van der Waals surface area contributed by atoms with Gasteiger partial charge in [-0.15, -0.1) is 0 Å². The summed E-state index contributed by atoms with van der Waals surface area (Å²) >= 11 is 0. The second-order valence-corrected chi connectivity index (χ2v) is 1.54. The van der Waals surface area contributed by atoms with Crippen molar-refractivity contribution in [2.75, 3.05) is 0 Å². The van der Waals surface area contributed by atoms with Crippen molar-refractivity contribution >= 4 is 0 Å². The zero-order valence-electron chi connectivity index (χ0n) is 5.10. The van der Waals surface area contributed by atoms with Crippen LogP contribution in [-0.4, -0.2) is 6.17 Å². The highest BCUT2D eigenvalue weighted by Gasteiger charge is 1.91. The Bertz CT molecular complexity index is 84.4. The van der Waals surface area contributed by atoms with Gasteiger partial charge in [0.15, 0.2) is 0 Å². The van der Waals surface area contributed by atoms with E-state index in [1.807, 2.05) is 0 Å². The molecule has 0 saturated carbocycles. The van der Waals surface area contributed by atoms with Crippen LogP contribution in [0.4, 0.5) is 4.39 Å². The summed E-state index contributed by atoms with van der Waals surface area (Å²) in [4.78, 5) is 0. The standard InChI is InChI=1S/C7H11F/c1-3-5-6-7(8)4-2/h3,5-7H,1,4H2,2H3/b6-5-/t7-/m1/s1. The molecule has 0 fully saturated rings. The van der Waals surface area contributed by atoms with E-state index in [4.69, 9.17) is 0 Å². The smallest absolute Gasteiger partial charge is 0.118 e. The average molecular weight is 114 g/mol. The SMILES string of the molecule is C=C/C=C\[C@H](F)CC. The molecule has 0 aromatic heterocycles. The fourth-order valence-corrected chi connectivity index (χ4v) is 0.335. The zero-order valence-corrected chi connectivity index (χ0v) is 5.10. The third-order valence-corrected chi connectivity index (χ3v) is 0.846. The van der Waals surface area contributed by atoms with E-state index in [9.17, 15) is 4.39 Å². The van der Waals surface area contributed by atoms with Crippen molar-refractivity contribution in [2.45, 2.75) is 19.5 Å². The van der Waals surface area contributed by atoms with Gasteiger partial charge in [-0.2, -0.15) is 0 Å². The summed E-state index contributed by atoms with van der Waals surface area (Å²) in [5.74, 6) is 0. The molecule has 0 N–H and O–H groups in total. The Balaban J connectivity index is 3.35. The summed E-state index contributed by atoms with van der Waals surface area (Å²) in [7, 11) is 0. The summed E-state index contributed by atoms with van der Waals surface area (Å²) in [5.41, 5.74) is 0. The lowest BCUT2D eigenvalue weighted by atomic mass is 10.3. The van der Waals surface area contributed by atoms with Crippen LogP contribution < -0.4 is 0 Å². The normalized spacial score (nSPS) is 14.2. The molecule has 0 aliphatic rings. The summed E-state index contributed by atoms with van der Waals surface area (Å²) in [6.07, 6.45) is 4.43. The van der Waals surface area contributed by atoms with Gasteiger partial charge in [-0.25, -0.2) is 4.39 Å². The first kappa shape index (κ1) is 7.41.